The number of hydrogen-bond donors (Lipinski definition) is 1. The van der Waals surface area contributed by atoms with E-state index in [1.54, 1.807) is 0 Å². The molecule has 1 N–H and O–H groups in total. The van der Waals surface area contributed by atoms with E-state index in [1.807, 2.05) is 13.8 Å². The Morgan fingerprint density at radius 2 is 2.08 bits per heavy atom. The second kappa shape index (κ2) is 7.93. The summed E-state index contributed by atoms with van der Waals surface area (Å²) in [5, 5.41) is 12.7. The van der Waals surface area contributed by atoms with Crippen molar-refractivity contribution < 1.29 is 67.5 Å². The van der Waals surface area contributed by atoms with E-state index >= 15 is 0 Å². The maximum absolute atomic E-state index is 10.7. The summed E-state index contributed by atoms with van der Waals surface area (Å²) in [6.07, 6.45) is 0.327. The zero-order chi connectivity index (χ0) is 10.4. The largest absolute Gasteiger partial charge is 1.00 e. The van der Waals surface area contributed by atoms with Gasteiger partial charge in [0.1, 0.15) is 0 Å². The molecule has 0 aliphatic heterocycles. The number of nitrogens with one attached hydrogen (secondary N) is 1. The Kier molecular flexibility index (Phi) is 8.28. The first-order valence-corrected chi connectivity index (χ1v) is 3.76. The SMILES string of the molecule is [2H]CC(=O)N[C@@H](CC(C)C)C(=O)[O-].[K+]. The predicted molar refractivity (Wildman–Crippen MR) is 42.1 cm³/mol. The van der Waals surface area contributed by atoms with Crippen LogP contribution in [0, 0.1) is 5.92 Å². The van der Waals surface area contributed by atoms with E-state index in [1.165, 1.54) is 0 Å². The predicted octanol–water partition coefficient (Wildman–Crippen LogP) is -3.71. The molecule has 0 unspecified atom stereocenters. The molecule has 13 heavy (non-hydrogen) atoms. The van der Waals surface area contributed by atoms with Crippen LogP contribution in [0.25, 0.3) is 0 Å². The molecule has 5 heteroatoms. The fourth-order valence-corrected chi connectivity index (χ4v) is 0.880. The zero-order valence-corrected chi connectivity index (χ0v) is 11.4. The monoisotopic (exact) mass is 212 g/mol. The van der Waals surface area contributed by atoms with Crippen LogP contribution in [-0.4, -0.2) is 17.9 Å². The number of aliphatic carboxylic acids is 1. The van der Waals surface area contributed by atoms with Crippen molar-refractivity contribution in [2.24, 2.45) is 5.92 Å². The van der Waals surface area contributed by atoms with Gasteiger partial charge in [0.25, 0.3) is 0 Å². The van der Waals surface area contributed by atoms with E-state index in [0.717, 1.165) is 0 Å². The molecule has 1 amide bonds. The van der Waals surface area contributed by atoms with Crippen molar-refractivity contribution in [3.05, 3.63) is 0 Å². The van der Waals surface area contributed by atoms with Crippen LogP contribution in [0.5, 0.6) is 0 Å². The molecule has 0 saturated carbocycles. The third-order valence-corrected chi connectivity index (χ3v) is 1.33. The molecule has 0 aliphatic carbocycles. The van der Waals surface area contributed by atoms with E-state index < -0.39 is 24.8 Å². The van der Waals surface area contributed by atoms with Crippen molar-refractivity contribution in [1.29, 1.82) is 0 Å². The Hall–Kier alpha value is 0.576. The Labute approximate surface area is 122 Å². The van der Waals surface area contributed by atoms with E-state index in [2.05, 4.69) is 5.32 Å². The fraction of sp³-hybridized carbons (Fsp3) is 0.750. The summed E-state index contributed by atoms with van der Waals surface area (Å²) in [7, 11) is 0. The standard InChI is InChI=1S/C8H15NO3.K/c1-5(2)4-7(8(11)12)9-6(3)10;/h5,7H,4H2,1-3H3,(H,9,10)(H,11,12);/q;+1/p-1/t7-;/m0./s1/i3D;. The van der Waals surface area contributed by atoms with E-state index in [0.29, 0.717) is 6.42 Å². The van der Waals surface area contributed by atoms with E-state index in [9.17, 15) is 14.7 Å². The number of rotatable bonds is 4. The molecule has 0 radical (unpaired) electrons. The second-order valence-electron chi connectivity index (χ2n) is 3.07. The van der Waals surface area contributed by atoms with Gasteiger partial charge >= 0.3 is 51.4 Å². The Morgan fingerprint density at radius 3 is 2.38 bits per heavy atom. The van der Waals surface area contributed by atoms with Crippen molar-refractivity contribution in [3.8, 4) is 0 Å². The molecule has 1 atom stereocenters. The summed E-state index contributed by atoms with van der Waals surface area (Å²) >= 11 is 0. The molecule has 0 aromatic carbocycles. The van der Waals surface area contributed by atoms with Crippen LogP contribution >= 0.6 is 0 Å². The minimum Gasteiger partial charge on any atom is -0.548 e. The Morgan fingerprint density at radius 1 is 1.54 bits per heavy atom. The van der Waals surface area contributed by atoms with Gasteiger partial charge in [-0.25, -0.2) is 0 Å². The molecule has 0 fully saturated rings. The summed E-state index contributed by atoms with van der Waals surface area (Å²) in [5.41, 5.74) is 0. The maximum Gasteiger partial charge on any atom is 1.00 e. The molecule has 70 valence electrons. The first-order chi connectivity index (χ1) is 5.97. The summed E-state index contributed by atoms with van der Waals surface area (Å²) in [5.74, 6) is -1.72. The van der Waals surface area contributed by atoms with Gasteiger partial charge in [-0.2, -0.15) is 0 Å². The molecule has 0 aromatic rings. The molecular weight excluding hydrogens is 197 g/mol. The molecule has 0 heterocycles. The maximum atomic E-state index is 10.7. The molecule has 4 nitrogen and oxygen atoms in total. The number of carboxylic acid groups (broad SMARTS) is 1. The second-order valence-corrected chi connectivity index (χ2v) is 3.07. The Bertz CT molecular complexity index is 199. The van der Waals surface area contributed by atoms with Gasteiger partial charge < -0.3 is 15.2 Å². The molecule has 0 aromatic heterocycles. The molecule has 0 saturated heterocycles. The smallest absolute Gasteiger partial charge is 0.548 e. The average Bonchev–Trinajstić information content (AvgIpc) is 2.02. The van der Waals surface area contributed by atoms with Crippen LogP contribution in [-0.2, 0) is 9.59 Å². The van der Waals surface area contributed by atoms with Crippen LogP contribution in [0.4, 0.5) is 0 Å². The van der Waals surface area contributed by atoms with Crippen LogP contribution < -0.4 is 61.8 Å². The van der Waals surface area contributed by atoms with Gasteiger partial charge in [-0.1, -0.05) is 13.8 Å². The third-order valence-electron chi connectivity index (χ3n) is 1.33. The molecule has 0 spiro atoms. The minimum absolute atomic E-state index is 0. The summed E-state index contributed by atoms with van der Waals surface area (Å²) in [4.78, 5) is 21.2. The average molecular weight is 212 g/mol. The van der Waals surface area contributed by atoms with Crippen LogP contribution in [0.15, 0.2) is 0 Å². The van der Waals surface area contributed by atoms with Crippen LogP contribution in [0.1, 0.15) is 28.5 Å². The molecule has 0 rings (SSSR count). The number of carbonyl (C=O) groups excluding carboxylic acids is 2. The van der Waals surface area contributed by atoms with Gasteiger partial charge in [0.05, 0.1) is 12.0 Å². The van der Waals surface area contributed by atoms with Crippen LogP contribution in [0.3, 0.4) is 0 Å². The number of carboxylic acids is 1. The van der Waals surface area contributed by atoms with E-state index in [-0.39, 0.29) is 57.3 Å². The van der Waals surface area contributed by atoms with Gasteiger partial charge in [-0.3, -0.25) is 4.79 Å². The van der Waals surface area contributed by atoms with Gasteiger partial charge in [-0.15, -0.1) is 0 Å². The third kappa shape index (κ3) is 8.89. The first kappa shape index (κ1) is 13.6. The first-order valence-electron chi connectivity index (χ1n) is 4.47. The van der Waals surface area contributed by atoms with Gasteiger partial charge in [0.2, 0.25) is 5.91 Å². The van der Waals surface area contributed by atoms with Crippen molar-refractivity contribution in [2.45, 2.75) is 33.2 Å². The van der Waals surface area contributed by atoms with E-state index in [4.69, 9.17) is 1.37 Å². The van der Waals surface area contributed by atoms with Gasteiger partial charge in [0.15, 0.2) is 0 Å². The van der Waals surface area contributed by atoms with Crippen molar-refractivity contribution >= 4 is 11.9 Å². The quantitative estimate of drug-likeness (QED) is 0.488. The van der Waals surface area contributed by atoms with Crippen molar-refractivity contribution in [2.75, 3.05) is 0 Å². The molecule has 0 bridgehead atoms. The van der Waals surface area contributed by atoms with Crippen molar-refractivity contribution in [1.82, 2.24) is 5.32 Å². The van der Waals surface area contributed by atoms with Crippen molar-refractivity contribution in [3.63, 3.8) is 0 Å². The Balaban J connectivity index is 0. The number of hydrogen-bond acceptors (Lipinski definition) is 3. The number of carbonyl (C=O) groups is 2. The fourth-order valence-electron chi connectivity index (χ4n) is 0.880. The summed E-state index contributed by atoms with van der Waals surface area (Å²) in [6, 6.07) is -0.974. The summed E-state index contributed by atoms with van der Waals surface area (Å²) in [6.45, 7) is 3.24. The number of amides is 1. The van der Waals surface area contributed by atoms with Gasteiger partial charge in [-0.05, 0) is 12.3 Å². The zero-order valence-electron chi connectivity index (χ0n) is 9.29. The van der Waals surface area contributed by atoms with Gasteiger partial charge in [0, 0.05) is 8.27 Å². The normalized spacial score (nSPS) is 12.7. The minimum atomic E-state index is -1.30. The topological polar surface area (TPSA) is 69.2 Å². The molecular formula is C8H14KNO3. The summed E-state index contributed by atoms with van der Waals surface area (Å²) < 4.78 is 6.70. The molecule has 0 aliphatic rings. The van der Waals surface area contributed by atoms with Crippen LogP contribution in [0.2, 0.25) is 0 Å².